The van der Waals surface area contributed by atoms with Crippen molar-refractivity contribution in [3.63, 3.8) is 0 Å². The van der Waals surface area contributed by atoms with Crippen molar-refractivity contribution in [3.05, 3.63) is 59.7 Å². The number of aryl methyl sites for hydroxylation is 2. The van der Waals surface area contributed by atoms with Crippen LogP contribution in [0.25, 0.3) is 0 Å². The van der Waals surface area contributed by atoms with E-state index in [1.807, 2.05) is 6.21 Å². The number of hydrogen-bond donors (Lipinski definition) is 0. The van der Waals surface area contributed by atoms with Crippen molar-refractivity contribution in [2.45, 2.75) is 149 Å². The molecular weight excluding hydrogens is 531 g/mol. The van der Waals surface area contributed by atoms with E-state index in [1.165, 1.54) is 114 Å². The minimum absolute atomic E-state index is 0. The average molecular weight is 590 g/mol. The fourth-order valence-corrected chi connectivity index (χ4v) is 5.17. The molecule has 0 atom stereocenters. The third-order valence-electron chi connectivity index (χ3n) is 7.63. The first-order valence-corrected chi connectivity index (χ1v) is 16.5. The summed E-state index contributed by atoms with van der Waals surface area (Å²) in [6, 6.07) is 17.7. The van der Waals surface area contributed by atoms with Gasteiger partial charge in [-0.2, -0.15) is 0 Å². The molecule has 40 heavy (non-hydrogen) atoms. The summed E-state index contributed by atoms with van der Waals surface area (Å²) in [5, 5.41) is 0. The van der Waals surface area contributed by atoms with E-state index in [9.17, 15) is 0 Å². The van der Waals surface area contributed by atoms with Crippen molar-refractivity contribution in [1.82, 2.24) is 0 Å². The van der Waals surface area contributed by atoms with E-state index >= 15 is 0 Å². The quantitative estimate of drug-likeness (QED) is 0.0700. The smallest absolute Gasteiger partial charge is 0.0636 e. The average Bonchev–Trinajstić information content (AvgIpc) is 2.95. The molecule has 0 aliphatic carbocycles. The molecule has 0 amide bonds. The molecule has 2 aromatic carbocycles. The Morgan fingerprint density at radius 2 is 1.00 bits per heavy atom. The van der Waals surface area contributed by atoms with E-state index in [1.54, 1.807) is 0 Å². The van der Waals surface area contributed by atoms with Gasteiger partial charge in [0.15, 0.2) is 0 Å². The van der Waals surface area contributed by atoms with Crippen molar-refractivity contribution in [2.75, 3.05) is 0 Å². The molecular formula is C37H58N2Ni. The molecule has 0 heterocycles. The van der Waals surface area contributed by atoms with E-state index < -0.39 is 0 Å². The van der Waals surface area contributed by atoms with E-state index in [4.69, 9.17) is 9.98 Å². The van der Waals surface area contributed by atoms with E-state index in [2.05, 4.69) is 69.3 Å². The van der Waals surface area contributed by atoms with Gasteiger partial charge in [0.2, 0.25) is 0 Å². The van der Waals surface area contributed by atoms with Crippen LogP contribution < -0.4 is 0 Å². The second kappa shape index (κ2) is 25.0. The zero-order chi connectivity index (χ0) is 27.8. The SMILES string of the molecule is CCCCCCCCCc1cccc(/N=C/C(CCCCC)=N/c2cccc(CCCCCCCCC)c2)c1.[Ni]. The topological polar surface area (TPSA) is 24.7 Å². The second-order valence-corrected chi connectivity index (χ2v) is 11.4. The molecule has 226 valence electrons. The number of benzene rings is 2. The predicted molar refractivity (Wildman–Crippen MR) is 176 cm³/mol. The van der Waals surface area contributed by atoms with Crippen LogP contribution in [0.3, 0.4) is 0 Å². The van der Waals surface area contributed by atoms with Crippen molar-refractivity contribution < 1.29 is 16.5 Å². The third kappa shape index (κ3) is 17.9. The summed E-state index contributed by atoms with van der Waals surface area (Å²) in [6.07, 6.45) is 27.9. The van der Waals surface area contributed by atoms with Crippen LogP contribution in [0.1, 0.15) is 147 Å². The molecule has 0 N–H and O–H groups in total. The molecule has 2 nitrogen and oxygen atoms in total. The summed E-state index contributed by atoms with van der Waals surface area (Å²) in [5.41, 5.74) is 6.02. The van der Waals surface area contributed by atoms with E-state index in [-0.39, 0.29) is 16.5 Å². The van der Waals surface area contributed by atoms with Crippen LogP contribution in [0.5, 0.6) is 0 Å². The molecule has 0 aliphatic rings. The van der Waals surface area contributed by atoms with Crippen LogP contribution in [-0.4, -0.2) is 11.9 Å². The van der Waals surface area contributed by atoms with Crippen LogP contribution in [0, 0.1) is 0 Å². The Labute approximate surface area is 257 Å². The van der Waals surface area contributed by atoms with Gasteiger partial charge in [-0.25, -0.2) is 0 Å². The van der Waals surface area contributed by atoms with Crippen LogP contribution in [0.15, 0.2) is 58.5 Å². The molecule has 0 bridgehead atoms. The first-order chi connectivity index (χ1) is 19.2. The minimum atomic E-state index is 0. The fourth-order valence-electron chi connectivity index (χ4n) is 5.17. The summed E-state index contributed by atoms with van der Waals surface area (Å²) in [5.74, 6) is 0. The van der Waals surface area contributed by atoms with Gasteiger partial charge in [0.1, 0.15) is 0 Å². The van der Waals surface area contributed by atoms with Gasteiger partial charge in [-0.15, -0.1) is 0 Å². The zero-order valence-corrected chi connectivity index (χ0v) is 27.0. The maximum absolute atomic E-state index is 5.07. The van der Waals surface area contributed by atoms with Gasteiger partial charge in [-0.3, -0.25) is 9.98 Å². The van der Waals surface area contributed by atoms with Crippen LogP contribution in [0.4, 0.5) is 11.4 Å². The summed E-state index contributed by atoms with van der Waals surface area (Å²) < 4.78 is 0. The standard InChI is InChI=1S/C37H58N2.Ni/c1-4-7-10-12-14-16-19-23-33-25-21-28-35(30-33)38-32-37(27-18-9-6-3)39-36-29-22-26-34(31-36)24-20-17-15-13-11-8-5-2;/h21-22,25-26,28-32H,4-20,23-24,27H2,1-3H3;/b38-32+,39-37+;. The normalized spacial score (nSPS) is 11.7. The third-order valence-corrected chi connectivity index (χ3v) is 7.63. The van der Waals surface area contributed by atoms with Gasteiger partial charge in [-0.1, -0.05) is 135 Å². The fraction of sp³-hybridized carbons (Fsp3) is 0.622. The zero-order valence-electron chi connectivity index (χ0n) is 26.0. The number of hydrogen-bond acceptors (Lipinski definition) is 2. The van der Waals surface area contributed by atoms with Gasteiger partial charge < -0.3 is 0 Å². The van der Waals surface area contributed by atoms with Gasteiger partial charge in [0.25, 0.3) is 0 Å². The van der Waals surface area contributed by atoms with Gasteiger partial charge in [0, 0.05) is 22.7 Å². The maximum atomic E-state index is 5.07. The molecule has 0 spiro atoms. The van der Waals surface area contributed by atoms with Crippen molar-refractivity contribution in [2.24, 2.45) is 9.98 Å². The van der Waals surface area contributed by atoms with Crippen LogP contribution >= 0.6 is 0 Å². The molecule has 0 aliphatic heterocycles. The summed E-state index contributed by atoms with van der Waals surface area (Å²) in [4.78, 5) is 9.94. The van der Waals surface area contributed by atoms with Gasteiger partial charge >= 0.3 is 0 Å². The Morgan fingerprint density at radius 1 is 0.550 bits per heavy atom. The largest absolute Gasteiger partial charge is 0.255 e. The first-order valence-electron chi connectivity index (χ1n) is 16.5. The molecule has 0 fully saturated rings. The molecule has 0 unspecified atom stereocenters. The van der Waals surface area contributed by atoms with Crippen molar-refractivity contribution in [1.29, 1.82) is 0 Å². The maximum Gasteiger partial charge on any atom is 0.0636 e. The van der Waals surface area contributed by atoms with Crippen LogP contribution in [-0.2, 0) is 29.3 Å². The van der Waals surface area contributed by atoms with Gasteiger partial charge in [-0.05, 0) is 73.9 Å². The Hall–Kier alpha value is -1.73. The Kier molecular flexibility index (Phi) is 22.7. The van der Waals surface area contributed by atoms with E-state index in [0.29, 0.717) is 0 Å². The predicted octanol–water partition coefficient (Wildman–Crippen LogP) is 12.3. The van der Waals surface area contributed by atoms with Crippen molar-refractivity contribution in [3.8, 4) is 0 Å². The molecule has 0 saturated heterocycles. The Morgan fingerprint density at radius 3 is 1.55 bits per heavy atom. The number of aliphatic imine (C=N–C) groups is 2. The molecule has 3 heteroatoms. The monoisotopic (exact) mass is 588 g/mol. The number of rotatable bonds is 23. The molecule has 0 radical (unpaired) electrons. The summed E-state index contributed by atoms with van der Waals surface area (Å²) in [6.45, 7) is 6.83. The second-order valence-electron chi connectivity index (χ2n) is 11.4. The number of nitrogens with zero attached hydrogens (tertiary/aromatic N) is 2. The van der Waals surface area contributed by atoms with E-state index in [0.717, 1.165) is 42.8 Å². The molecule has 2 aromatic rings. The summed E-state index contributed by atoms with van der Waals surface area (Å²) >= 11 is 0. The van der Waals surface area contributed by atoms with Gasteiger partial charge in [0.05, 0.1) is 17.1 Å². The molecule has 2 rings (SSSR count). The van der Waals surface area contributed by atoms with Crippen molar-refractivity contribution >= 4 is 23.3 Å². The first kappa shape index (κ1) is 36.3. The molecule has 0 saturated carbocycles. The Balaban J connectivity index is 0.00000800. The minimum Gasteiger partial charge on any atom is -0.255 e. The Bertz CT molecular complexity index is 933. The summed E-state index contributed by atoms with van der Waals surface area (Å²) in [7, 11) is 0. The van der Waals surface area contributed by atoms with Crippen LogP contribution in [0.2, 0.25) is 0 Å². The molecule has 0 aromatic heterocycles. The number of unbranched alkanes of at least 4 members (excludes halogenated alkanes) is 14.